The number of oxazole rings is 1. The Morgan fingerprint density at radius 3 is 2.76 bits per heavy atom. The van der Waals surface area contributed by atoms with Crippen LogP contribution in [0, 0.1) is 17.2 Å². The van der Waals surface area contributed by atoms with E-state index in [-0.39, 0.29) is 41.5 Å². The molecule has 2 aromatic heterocycles. The molecule has 1 aliphatic rings. The lowest BCUT2D eigenvalue weighted by Crippen LogP contribution is -2.40. The standard InChI is InChI=1S/C23H22F2N4O5/c1-31-19-11-14(4-5-17(19)33-23(24)25)13-27-20(30)15-6-8-29(9-7-15)22-16(12-26)28-21(34-22)18-3-2-10-32-18/h2-5,10-11,15,23H,6-9,13H2,1H3,(H,27,30). The molecule has 1 amide bonds. The highest BCUT2D eigenvalue weighted by Gasteiger charge is 2.29. The Labute approximate surface area is 193 Å². The monoisotopic (exact) mass is 472 g/mol. The molecule has 1 saturated heterocycles. The smallest absolute Gasteiger partial charge is 0.387 e. The number of nitriles is 1. The molecule has 34 heavy (non-hydrogen) atoms. The van der Waals surface area contributed by atoms with Crippen molar-refractivity contribution < 1.29 is 31.9 Å². The molecule has 0 spiro atoms. The molecule has 0 saturated carbocycles. The van der Waals surface area contributed by atoms with Gasteiger partial charge < -0.3 is 28.5 Å². The van der Waals surface area contributed by atoms with Crippen LogP contribution >= 0.6 is 0 Å². The van der Waals surface area contributed by atoms with Crippen LogP contribution in [0.2, 0.25) is 0 Å². The normalized spacial score (nSPS) is 14.1. The van der Waals surface area contributed by atoms with Gasteiger partial charge in [-0.2, -0.15) is 19.0 Å². The van der Waals surface area contributed by atoms with Gasteiger partial charge in [0.05, 0.1) is 13.4 Å². The summed E-state index contributed by atoms with van der Waals surface area (Å²) in [6.07, 6.45) is 2.63. The number of hydrogen-bond donors (Lipinski definition) is 1. The van der Waals surface area contributed by atoms with Crippen LogP contribution in [0.5, 0.6) is 11.5 Å². The van der Waals surface area contributed by atoms with Gasteiger partial charge in [-0.25, -0.2) is 0 Å². The van der Waals surface area contributed by atoms with E-state index in [9.17, 15) is 18.8 Å². The molecule has 11 heteroatoms. The molecule has 0 atom stereocenters. The van der Waals surface area contributed by atoms with Gasteiger partial charge in [0.15, 0.2) is 17.3 Å². The van der Waals surface area contributed by atoms with Crippen LogP contribution in [-0.2, 0) is 11.3 Å². The maximum Gasteiger partial charge on any atom is 0.387 e. The number of aromatic nitrogens is 1. The van der Waals surface area contributed by atoms with Gasteiger partial charge in [-0.3, -0.25) is 4.79 Å². The fourth-order valence-corrected chi connectivity index (χ4v) is 3.80. The number of benzene rings is 1. The van der Waals surface area contributed by atoms with Crippen molar-refractivity contribution in [2.45, 2.75) is 26.0 Å². The first-order chi connectivity index (χ1) is 16.5. The van der Waals surface area contributed by atoms with Crippen molar-refractivity contribution >= 4 is 11.8 Å². The number of ether oxygens (including phenoxy) is 2. The zero-order valence-corrected chi connectivity index (χ0v) is 18.3. The average molecular weight is 472 g/mol. The quantitative estimate of drug-likeness (QED) is 0.524. The van der Waals surface area contributed by atoms with Gasteiger partial charge in [0.2, 0.25) is 17.5 Å². The van der Waals surface area contributed by atoms with Crippen LogP contribution in [0.4, 0.5) is 14.7 Å². The Balaban J connectivity index is 1.33. The fraction of sp³-hybridized carbons (Fsp3) is 0.348. The molecule has 1 fully saturated rings. The summed E-state index contributed by atoms with van der Waals surface area (Å²) in [6.45, 7) is -1.69. The number of piperidine rings is 1. The molecule has 9 nitrogen and oxygen atoms in total. The second kappa shape index (κ2) is 10.2. The van der Waals surface area contributed by atoms with Crippen LogP contribution < -0.4 is 19.7 Å². The lowest BCUT2D eigenvalue weighted by molar-refractivity contribution is -0.125. The maximum absolute atomic E-state index is 12.7. The van der Waals surface area contributed by atoms with Crippen LogP contribution in [0.15, 0.2) is 45.4 Å². The van der Waals surface area contributed by atoms with Gasteiger partial charge in [-0.05, 0) is 42.7 Å². The molecular formula is C23H22F2N4O5. The molecule has 0 bridgehead atoms. The highest BCUT2D eigenvalue weighted by Crippen LogP contribution is 2.32. The Morgan fingerprint density at radius 2 is 2.12 bits per heavy atom. The summed E-state index contributed by atoms with van der Waals surface area (Å²) in [5.41, 5.74) is 0.859. The molecule has 1 N–H and O–H groups in total. The molecule has 1 aliphatic heterocycles. The molecule has 0 unspecified atom stereocenters. The number of rotatable bonds is 8. The molecule has 4 rings (SSSR count). The minimum atomic E-state index is -2.96. The number of anilines is 1. The summed E-state index contributed by atoms with van der Waals surface area (Å²) < 4.78 is 45.5. The molecular weight excluding hydrogens is 450 g/mol. The number of alkyl halides is 2. The first-order valence-corrected chi connectivity index (χ1v) is 10.6. The van der Waals surface area contributed by atoms with Gasteiger partial charge >= 0.3 is 6.61 Å². The van der Waals surface area contributed by atoms with Crippen molar-refractivity contribution in [3.63, 3.8) is 0 Å². The third-order valence-electron chi connectivity index (χ3n) is 5.51. The summed E-state index contributed by atoms with van der Waals surface area (Å²) in [4.78, 5) is 18.8. The van der Waals surface area contributed by atoms with Crippen LogP contribution in [0.3, 0.4) is 0 Å². The van der Waals surface area contributed by atoms with Crippen molar-refractivity contribution in [3.8, 4) is 29.2 Å². The van der Waals surface area contributed by atoms with E-state index in [1.807, 2.05) is 11.0 Å². The number of methoxy groups -OCH3 is 1. The molecule has 3 aromatic rings. The molecule has 3 heterocycles. The molecule has 0 radical (unpaired) electrons. The van der Waals surface area contributed by atoms with Crippen LogP contribution in [0.25, 0.3) is 11.7 Å². The number of hydrogen-bond acceptors (Lipinski definition) is 8. The van der Waals surface area contributed by atoms with Gasteiger partial charge in [0.1, 0.15) is 6.07 Å². The van der Waals surface area contributed by atoms with Gasteiger partial charge in [-0.1, -0.05) is 6.07 Å². The number of nitrogens with zero attached hydrogens (tertiary/aromatic N) is 3. The second-order valence-corrected chi connectivity index (χ2v) is 7.60. The van der Waals surface area contributed by atoms with Crippen molar-refractivity contribution in [2.24, 2.45) is 5.92 Å². The fourth-order valence-electron chi connectivity index (χ4n) is 3.80. The predicted molar refractivity (Wildman–Crippen MR) is 115 cm³/mol. The second-order valence-electron chi connectivity index (χ2n) is 7.60. The van der Waals surface area contributed by atoms with Crippen molar-refractivity contribution in [3.05, 3.63) is 47.9 Å². The lowest BCUT2D eigenvalue weighted by Gasteiger charge is -2.31. The highest BCUT2D eigenvalue weighted by molar-refractivity contribution is 5.79. The number of amides is 1. The Hall–Kier alpha value is -4.07. The summed E-state index contributed by atoms with van der Waals surface area (Å²) in [7, 11) is 1.35. The zero-order valence-electron chi connectivity index (χ0n) is 18.3. The molecule has 1 aromatic carbocycles. The first-order valence-electron chi connectivity index (χ1n) is 10.6. The van der Waals surface area contributed by atoms with E-state index in [1.54, 1.807) is 24.3 Å². The van der Waals surface area contributed by atoms with E-state index in [2.05, 4.69) is 15.0 Å². The summed E-state index contributed by atoms with van der Waals surface area (Å²) in [5.74, 6) is 0.803. The summed E-state index contributed by atoms with van der Waals surface area (Å²) in [6, 6.07) is 9.96. The van der Waals surface area contributed by atoms with E-state index < -0.39 is 6.61 Å². The minimum Gasteiger partial charge on any atom is -0.493 e. The predicted octanol–water partition coefficient (Wildman–Crippen LogP) is 3.95. The first kappa shape index (κ1) is 23.1. The zero-order chi connectivity index (χ0) is 24.1. The van der Waals surface area contributed by atoms with Crippen molar-refractivity contribution in [2.75, 3.05) is 25.1 Å². The third kappa shape index (κ3) is 5.11. The third-order valence-corrected chi connectivity index (χ3v) is 5.51. The van der Waals surface area contributed by atoms with E-state index in [1.165, 1.54) is 19.4 Å². The largest absolute Gasteiger partial charge is 0.493 e. The minimum absolute atomic E-state index is 0.0701. The van der Waals surface area contributed by atoms with E-state index in [0.717, 1.165) is 0 Å². The van der Waals surface area contributed by atoms with Gasteiger partial charge in [-0.15, -0.1) is 0 Å². The Morgan fingerprint density at radius 1 is 1.32 bits per heavy atom. The van der Waals surface area contributed by atoms with Crippen LogP contribution in [-0.4, -0.2) is 37.7 Å². The summed E-state index contributed by atoms with van der Waals surface area (Å²) >= 11 is 0. The van der Waals surface area contributed by atoms with Crippen molar-refractivity contribution in [1.29, 1.82) is 5.26 Å². The molecule has 178 valence electrons. The summed E-state index contributed by atoms with van der Waals surface area (Å²) in [5, 5.41) is 12.3. The number of nitrogens with one attached hydrogen (secondary N) is 1. The number of halogens is 2. The lowest BCUT2D eigenvalue weighted by atomic mass is 9.96. The molecule has 0 aliphatic carbocycles. The van der Waals surface area contributed by atoms with Crippen molar-refractivity contribution in [1.82, 2.24) is 10.3 Å². The topological polar surface area (TPSA) is 114 Å². The van der Waals surface area contributed by atoms with E-state index in [0.29, 0.717) is 43.1 Å². The van der Waals surface area contributed by atoms with Gasteiger partial charge in [0, 0.05) is 25.6 Å². The van der Waals surface area contributed by atoms with Gasteiger partial charge in [0.25, 0.3) is 5.89 Å². The highest BCUT2D eigenvalue weighted by atomic mass is 19.3. The average Bonchev–Trinajstić information content (AvgIpc) is 3.53. The Bertz CT molecular complexity index is 1160. The van der Waals surface area contributed by atoms with E-state index >= 15 is 0 Å². The van der Waals surface area contributed by atoms with E-state index in [4.69, 9.17) is 13.6 Å². The van der Waals surface area contributed by atoms with Crippen LogP contribution in [0.1, 0.15) is 24.1 Å². The SMILES string of the molecule is COc1cc(CNC(=O)C2CCN(c3oc(-c4ccco4)nc3C#N)CC2)ccc1OC(F)F. The number of furan rings is 1. The maximum atomic E-state index is 12.7. The Kier molecular flexibility index (Phi) is 6.96. The number of carbonyl (C=O) groups is 1. The number of carbonyl (C=O) groups excluding carboxylic acids is 1.